The Kier molecular flexibility index (Phi) is 4.51. The Hall–Kier alpha value is -2.09. The van der Waals surface area contributed by atoms with Gasteiger partial charge in [0.1, 0.15) is 0 Å². The van der Waals surface area contributed by atoms with Crippen molar-refractivity contribution in [2.75, 3.05) is 4.90 Å². The molecule has 2 nitrogen and oxygen atoms in total. The number of hydrogen-bond donors (Lipinski definition) is 0. The summed E-state index contributed by atoms with van der Waals surface area (Å²) in [6.45, 7) is 6.95. The molecule has 1 amide bonds. The van der Waals surface area contributed by atoms with Gasteiger partial charge in [-0.05, 0) is 41.5 Å². The van der Waals surface area contributed by atoms with Gasteiger partial charge in [0.2, 0.25) is 5.91 Å². The Balaban J connectivity index is 2.05. The molecule has 0 bridgehead atoms. The van der Waals surface area contributed by atoms with E-state index in [0.717, 1.165) is 18.5 Å². The van der Waals surface area contributed by atoms with Crippen molar-refractivity contribution in [3.63, 3.8) is 0 Å². The van der Waals surface area contributed by atoms with Gasteiger partial charge in [-0.2, -0.15) is 0 Å². The Labute approximate surface area is 139 Å². The van der Waals surface area contributed by atoms with Crippen molar-refractivity contribution >= 4 is 11.6 Å². The van der Waals surface area contributed by atoms with E-state index in [1.54, 1.807) is 0 Å². The number of carbonyl (C=O) groups excluding carboxylic acids is 1. The van der Waals surface area contributed by atoms with E-state index in [0.29, 0.717) is 12.5 Å². The SMILES string of the molecule is CC(C)C(C)C(=O)N1Cc2ccccc2CCc2ccccc21. The van der Waals surface area contributed by atoms with Crippen molar-refractivity contribution in [2.45, 2.75) is 40.2 Å². The summed E-state index contributed by atoms with van der Waals surface area (Å²) in [5, 5.41) is 0. The average molecular weight is 307 g/mol. The van der Waals surface area contributed by atoms with Gasteiger partial charge in [0, 0.05) is 11.6 Å². The number of fused-ring (bicyclic) bond motifs is 2. The van der Waals surface area contributed by atoms with E-state index in [1.165, 1.54) is 16.7 Å². The van der Waals surface area contributed by atoms with Gasteiger partial charge in [-0.1, -0.05) is 63.2 Å². The third-order valence-electron chi connectivity index (χ3n) is 5.05. The molecule has 0 fully saturated rings. The summed E-state index contributed by atoms with van der Waals surface area (Å²) in [4.78, 5) is 15.1. The molecule has 1 aliphatic heterocycles. The Morgan fingerprint density at radius 3 is 2.13 bits per heavy atom. The second kappa shape index (κ2) is 6.57. The maximum atomic E-state index is 13.1. The Morgan fingerprint density at radius 1 is 0.870 bits per heavy atom. The summed E-state index contributed by atoms with van der Waals surface area (Å²) in [6.07, 6.45) is 2.02. The van der Waals surface area contributed by atoms with Gasteiger partial charge in [-0.15, -0.1) is 0 Å². The first-order valence-corrected chi connectivity index (χ1v) is 8.54. The first-order valence-electron chi connectivity index (χ1n) is 8.54. The largest absolute Gasteiger partial charge is 0.307 e. The first-order chi connectivity index (χ1) is 11.1. The molecular weight excluding hydrogens is 282 g/mol. The number of carbonyl (C=O) groups is 1. The lowest BCUT2D eigenvalue weighted by Crippen LogP contribution is -2.38. The smallest absolute Gasteiger partial charge is 0.230 e. The van der Waals surface area contributed by atoms with Gasteiger partial charge in [-0.25, -0.2) is 0 Å². The molecule has 1 atom stereocenters. The summed E-state index contributed by atoms with van der Waals surface area (Å²) < 4.78 is 0. The minimum absolute atomic E-state index is 0.0228. The topological polar surface area (TPSA) is 20.3 Å². The maximum absolute atomic E-state index is 13.1. The summed E-state index contributed by atoms with van der Waals surface area (Å²) in [5.41, 5.74) is 4.98. The summed E-state index contributed by atoms with van der Waals surface area (Å²) in [6, 6.07) is 16.9. The Bertz CT molecular complexity index is 704. The van der Waals surface area contributed by atoms with Gasteiger partial charge < -0.3 is 4.90 Å². The van der Waals surface area contributed by atoms with Crippen molar-refractivity contribution in [1.82, 2.24) is 0 Å². The number of aryl methyl sites for hydroxylation is 2. The molecule has 0 spiro atoms. The number of nitrogens with zero attached hydrogens (tertiary/aromatic N) is 1. The standard InChI is InChI=1S/C21H25NO/c1-15(2)16(3)21(23)22-14-19-10-5-4-8-17(19)12-13-18-9-6-7-11-20(18)22/h4-11,15-16H,12-14H2,1-3H3. The molecule has 2 heteroatoms. The van der Waals surface area contributed by atoms with Crippen LogP contribution in [0.15, 0.2) is 48.5 Å². The summed E-state index contributed by atoms with van der Waals surface area (Å²) in [7, 11) is 0. The van der Waals surface area contributed by atoms with Crippen LogP contribution in [-0.4, -0.2) is 5.91 Å². The molecular formula is C21H25NO. The van der Waals surface area contributed by atoms with Crippen LogP contribution in [0.2, 0.25) is 0 Å². The van der Waals surface area contributed by atoms with Crippen molar-refractivity contribution in [3.05, 3.63) is 65.2 Å². The zero-order valence-electron chi connectivity index (χ0n) is 14.3. The van der Waals surface area contributed by atoms with E-state index < -0.39 is 0 Å². The third-order valence-corrected chi connectivity index (χ3v) is 5.05. The molecule has 0 N–H and O–H groups in total. The third kappa shape index (κ3) is 3.17. The number of para-hydroxylation sites is 1. The van der Waals surface area contributed by atoms with Gasteiger partial charge >= 0.3 is 0 Å². The lowest BCUT2D eigenvalue weighted by molar-refractivity contribution is -0.123. The minimum Gasteiger partial charge on any atom is -0.307 e. The predicted molar refractivity (Wildman–Crippen MR) is 95.5 cm³/mol. The molecule has 23 heavy (non-hydrogen) atoms. The van der Waals surface area contributed by atoms with E-state index in [4.69, 9.17) is 0 Å². The molecule has 0 aliphatic carbocycles. The molecule has 2 aromatic rings. The van der Waals surface area contributed by atoms with Crippen LogP contribution in [0.1, 0.15) is 37.5 Å². The monoisotopic (exact) mass is 307 g/mol. The highest BCUT2D eigenvalue weighted by molar-refractivity contribution is 5.95. The number of rotatable bonds is 2. The molecule has 3 rings (SSSR count). The van der Waals surface area contributed by atoms with Crippen molar-refractivity contribution in [2.24, 2.45) is 11.8 Å². The maximum Gasteiger partial charge on any atom is 0.230 e. The predicted octanol–water partition coefficient (Wildman–Crippen LogP) is 4.61. The minimum atomic E-state index is 0.0228. The van der Waals surface area contributed by atoms with E-state index in [9.17, 15) is 4.79 Å². The van der Waals surface area contributed by atoms with Crippen LogP contribution in [0, 0.1) is 11.8 Å². The van der Waals surface area contributed by atoms with E-state index >= 15 is 0 Å². The zero-order valence-corrected chi connectivity index (χ0v) is 14.3. The fraction of sp³-hybridized carbons (Fsp3) is 0.381. The van der Waals surface area contributed by atoms with E-state index in [-0.39, 0.29) is 11.8 Å². The second-order valence-corrected chi connectivity index (χ2v) is 6.85. The van der Waals surface area contributed by atoms with Gasteiger partial charge in [-0.3, -0.25) is 4.79 Å². The molecule has 0 radical (unpaired) electrons. The molecule has 1 heterocycles. The van der Waals surface area contributed by atoms with E-state index in [1.807, 2.05) is 17.9 Å². The number of hydrogen-bond acceptors (Lipinski definition) is 1. The normalized spacial score (nSPS) is 15.4. The molecule has 120 valence electrons. The highest BCUT2D eigenvalue weighted by Gasteiger charge is 2.27. The van der Waals surface area contributed by atoms with Gasteiger partial charge in [0.15, 0.2) is 0 Å². The first kappa shape index (κ1) is 15.8. The quantitative estimate of drug-likeness (QED) is 0.793. The van der Waals surface area contributed by atoms with E-state index in [2.05, 4.69) is 56.3 Å². The lowest BCUT2D eigenvalue weighted by Gasteiger charge is -2.31. The fourth-order valence-corrected chi connectivity index (χ4v) is 3.19. The van der Waals surface area contributed by atoms with Crippen molar-refractivity contribution < 1.29 is 4.79 Å². The number of anilines is 1. The molecule has 2 aromatic carbocycles. The van der Waals surface area contributed by atoms with Gasteiger partial charge in [0.25, 0.3) is 0 Å². The van der Waals surface area contributed by atoms with Crippen LogP contribution >= 0.6 is 0 Å². The van der Waals surface area contributed by atoms with Crippen molar-refractivity contribution in [3.8, 4) is 0 Å². The van der Waals surface area contributed by atoms with Crippen LogP contribution < -0.4 is 4.90 Å². The Morgan fingerprint density at radius 2 is 1.43 bits per heavy atom. The molecule has 0 saturated carbocycles. The summed E-state index contributed by atoms with van der Waals surface area (Å²) >= 11 is 0. The number of benzene rings is 2. The molecule has 0 aromatic heterocycles. The van der Waals surface area contributed by atoms with Gasteiger partial charge in [0.05, 0.1) is 6.54 Å². The highest BCUT2D eigenvalue weighted by atomic mass is 16.2. The zero-order chi connectivity index (χ0) is 16.4. The molecule has 1 aliphatic rings. The fourth-order valence-electron chi connectivity index (χ4n) is 3.19. The highest BCUT2D eigenvalue weighted by Crippen LogP contribution is 2.30. The molecule has 0 saturated heterocycles. The van der Waals surface area contributed by atoms with Crippen LogP contribution in [0.3, 0.4) is 0 Å². The lowest BCUT2D eigenvalue weighted by atomic mass is 9.92. The molecule has 1 unspecified atom stereocenters. The van der Waals surface area contributed by atoms with Crippen LogP contribution in [0.5, 0.6) is 0 Å². The second-order valence-electron chi connectivity index (χ2n) is 6.85. The van der Waals surface area contributed by atoms with Crippen molar-refractivity contribution in [1.29, 1.82) is 0 Å². The summed E-state index contributed by atoms with van der Waals surface area (Å²) in [5.74, 6) is 0.592. The van der Waals surface area contributed by atoms with Crippen LogP contribution in [-0.2, 0) is 24.2 Å². The average Bonchev–Trinajstić information content (AvgIpc) is 2.55. The van der Waals surface area contributed by atoms with Crippen LogP contribution in [0.4, 0.5) is 5.69 Å². The number of amides is 1. The van der Waals surface area contributed by atoms with Crippen LogP contribution in [0.25, 0.3) is 0 Å².